The van der Waals surface area contributed by atoms with Gasteiger partial charge in [0.05, 0.1) is 0 Å². The van der Waals surface area contributed by atoms with Crippen molar-refractivity contribution in [2.75, 3.05) is 25.3 Å². The zero-order valence-electron chi connectivity index (χ0n) is 12.6. The fourth-order valence-electron chi connectivity index (χ4n) is 1.85. The predicted molar refractivity (Wildman–Crippen MR) is 91.1 cm³/mol. The van der Waals surface area contributed by atoms with Crippen molar-refractivity contribution in [1.29, 1.82) is 5.26 Å². The van der Waals surface area contributed by atoms with Gasteiger partial charge < -0.3 is 9.88 Å². The van der Waals surface area contributed by atoms with E-state index in [2.05, 4.69) is 9.97 Å². The van der Waals surface area contributed by atoms with Crippen molar-refractivity contribution in [2.45, 2.75) is 5.03 Å². The molecule has 5 nitrogen and oxygen atoms in total. The summed E-state index contributed by atoms with van der Waals surface area (Å²) in [6.45, 7) is 0. The van der Waals surface area contributed by atoms with E-state index in [0.29, 0.717) is 10.9 Å². The molecule has 0 aliphatic rings. The molecule has 0 aliphatic heterocycles. The Hall–Kier alpha value is -2.52. The number of nitriles is 1. The minimum Gasteiger partial charge on any atom is -0.378 e. The zero-order valence-corrected chi connectivity index (χ0v) is 13.4. The second kappa shape index (κ2) is 6.96. The first-order valence-electron chi connectivity index (χ1n) is 6.59. The molecule has 1 aromatic heterocycles. The summed E-state index contributed by atoms with van der Waals surface area (Å²) in [5.41, 5.74) is 1.76. The molecule has 0 saturated carbocycles. The van der Waals surface area contributed by atoms with Gasteiger partial charge in [-0.1, -0.05) is 18.2 Å². The molecule has 2 rings (SSSR count). The number of aromatic nitrogens is 2. The summed E-state index contributed by atoms with van der Waals surface area (Å²) in [5.74, 6) is 0.435. The van der Waals surface area contributed by atoms with E-state index in [1.807, 2.05) is 55.4 Å². The van der Waals surface area contributed by atoms with Crippen LogP contribution in [0.2, 0.25) is 0 Å². The quantitative estimate of drug-likeness (QED) is 0.694. The van der Waals surface area contributed by atoms with Gasteiger partial charge in [0, 0.05) is 19.8 Å². The molecule has 0 bridgehead atoms. The Kier molecular flexibility index (Phi) is 5.02. The van der Waals surface area contributed by atoms with Crippen molar-refractivity contribution >= 4 is 29.6 Å². The van der Waals surface area contributed by atoms with Crippen molar-refractivity contribution in [2.24, 2.45) is 0 Å². The number of benzene rings is 1. The molecular formula is C16H16N4OS. The van der Waals surface area contributed by atoms with Crippen LogP contribution >= 0.6 is 11.8 Å². The maximum Gasteiger partial charge on any atom is 0.270 e. The minimum atomic E-state index is -0.413. The SMILES string of the molecule is CSc1nc(/C=C/c2ccc(N(C)C)cc2)[nH]c(=O)c1C#N. The van der Waals surface area contributed by atoms with Gasteiger partial charge in [-0.15, -0.1) is 11.8 Å². The number of hydrogen-bond acceptors (Lipinski definition) is 5. The lowest BCUT2D eigenvalue weighted by Gasteiger charge is -2.11. The Morgan fingerprint density at radius 2 is 1.95 bits per heavy atom. The molecule has 0 radical (unpaired) electrons. The monoisotopic (exact) mass is 312 g/mol. The van der Waals surface area contributed by atoms with Crippen LogP contribution in [0.25, 0.3) is 12.2 Å². The number of H-pyrrole nitrogens is 1. The average molecular weight is 312 g/mol. The molecule has 0 spiro atoms. The van der Waals surface area contributed by atoms with Gasteiger partial charge >= 0.3 is 0 Å². The minimum absolute atomic E-state index is 0.0555. The zero-order chi connectivity index (χ0) is 16.1. The first-order chi connectivity index (χ1) is 10.5. The van der Waals surface area contributed by atoms with Crippen LogP contribution in [0, 0.1) is 11.3 Å². The highest BCUT2D eigenvalue weighted by Gasteiger charge is 2.08. The van der Waals surface area contributed by atoms with Gasteiger partial charge in [-0.3, -0.25) is 4.79 Å². The third-order valence-corrected chi connectivity index (χ3v) is 3.73. The third-order valence-electron chi connectivity index (χ3n) is 3.05. The highest BCUT2D eigenvalue weighted by atomic mass is 32.2. The van der Waals surface area contributed by atoms with Crippen molar-refractivity contribution in [3.63, 3.8) is 0 Å². The molecule has 22 heavy (non-hydrogen) atoms. The Bertz CT molecular complexity index is 785. The molecule has 112 valence electrons. The van der Waals surface area contributed by atoms with Gasteiger partial charge in [-0.05, 0) is 30.0 Å². The largest absolute Gasteiger partial charge is 0.378 e. The van der Waals surface area contributed by atoms with E-state index in [0.717, 1.165) is 11.3 Å². The molecule has 2 aromatic rings. The summed E-state index contributed by atoms with van der Waals surface area (Å²) >= 11 is 1.28. The standard InChI is InChI=1S/C16H16N4OS/c1-20(2)12-7-4-11(5-8-12)6-9-14-18-15(21)13(10-17)16(19-14)22-3/h4-9H,1-3H3,(H,18,19,21)/b9-6+. The molecule has 0 unspecified atom stereocenters. The van der Waals surface area contributed by atoms with E-state index in [1.165, 1.54) is 11.8 Å². The van der Waals surface area contributed by atoms with Crippen LogP contribution in [0.4, 0.5) is 5.69 Å². The Morgan fingerprint density at radius 1 is 1.27 bits per heavy atom. The maximum absolute atomic E-state index is 11.8. The molecule has 1 N–H and O–H groups in total. The molecular weight excluding hydrogens is 296 g/mol. The third kappa shape index (κ3) is 3.57. The molecule has 0 fully saturated rings. The van der Waals surface area contributed by atoms with E-state index >= 15 is 0 Å². The number of nitrogens with one attached hydrogen (secondary N) is 1. The van der Waals surface area contributed by atoms with E-state index < -0.39 is 5.56 Å². The van der Waals surface area contributed by atoms with E-state index in [4.69, 9.17) is 5.26 Å². The molecule has 6 heteroatoms. The first-order valence-corrected chi connectivity index (χ1v) is 7.81. The van der Waals surface area contributed by atoms with Crippen LogP contribution < -0.4 is 10.5 Å². The molecule has 1 aromatic carbocycles. The Balaban J connectivity index is 2.29. The molecule has 0 atom stereocenters. The molecule has 0 amide bonds. The molecule has 0 saturated heterocycles. The number of rotatable bonds is 4. The normalized spacial score (nSPS) is 10.6. The average Bonchev–Trinajstić information content (AvgIpc) is 2.52. The van der Waals surface area contributed by atoms with E-state index in [-0.39, 0.29) is 5.56 Å². The first kappa shape index (κ1) is 15.9. The van der Waals surface area contributed by atoms with Crippen LogP contribution in [0.1, 0.15) is 17.0 Å². The van der Waals surface area contributed by atoms with E-state index in [9.17, 15) is 4.79 Å². The lowest BCUT2D eigenvalue weighted by atomic mass is 10.2. The summed E-state index contributed by atoms with van der Waals surface area (Å²) < 4.78 is 0. The molecule has 0 aliphatic carbocycles. The van der Waals surface area contributed by atoms with Crippen LogP contribution in [-0.2, 0) is 0 Å². The molecule has 1 heterocycles. The summed E-state index contributed by atoms with van der Waals surface area (Å²) in [7, 11) is 3.97. The Labute approximate surface area is 133 Å². The summed E-state index contributed by atoms with van der Waals surface area (Å²) in [6.07, 6.45) is 5.39. The predicted octanol–water partition coefficient (Wildman–Crippen LogP) is 2.60. The highest BCUT2D eigenvalue weighted by molar-refractivity contribution is 7.98. The number of nitrogens with zero attached hydrogens (tertiary/aromatic N) is 3. The van der Waals surface area contributed by atoms with Gasteiger partial charge in [0.1, 0.15) is 22.5 Å². The summed E-state index contributed by atoms with van der Waals surface area (Å²) in [6, 6.07) is 9.89. The topological polar surface area (TPSA) is 72.8 Å². The van der Waals surface area contributed by atoms with Crippen LogP contribution in [0.3, 0.4) is 0 Å². The number of thioether (sulfide) groups is 1. The van der Waals surface area contributed by atoms with Crippen molar-refractivity contribution in [1.82, 2.24) is 9.97 Å². The summed E-state index contributed by atoms with van der Waals surface area (Å²) in [4.78, 5) is 20.7. The van der Waals surface area contributed by atoms with Gasteiger partial charge in [-0.2, -0.15) is 5.26 Å². The second-order valence-corrected chi connectivity index (χ2v) is 5.56. The van der Waals surface area contributed by atoms with Gasteiger partial charge in [0.15, 0.2) is 0 Å². The Morgan fingerprint density at radius 3 is 2.50 bits per heavy atom. The number of anilines is 1. The number of hydrogen-bond donors (Lipinski definition) is 1. The van der Waals surface area contributed by atoms with Crippen molar-refractivity contribution < 1.29 is 0 Å². The van der Waals surface area contributed by atoms with Crippen LogP contribution in [-0.4, -0.2) is 30.3 Å². The second-order valence-electron chi connectivity index (χ2n) is 4.77. The fraction of sp³-hybridized carbons (Fsp3) is 0.188. The smallest absolute Gasteiger partial charge is 0.270 e. The van der Waals surface area contributed by atoms with Gasteiger partial charge in [0.2, 0.25) is 0 Å². The number of aromatic amines is 1. The van der Waals surface area contributed by atoms with Crippen molar-refractivity contribution in [3.8, 4) is 6.07 Å². The van der Waals surface area contributed by atoms with Crippen LogP contribution in [0.5, 0.6) is 0 Å². The lowest BCUT2D eigenvalue weighted by Crippen LogP contribution is -2.14. The van der Waals surface area contributed by atoms with E-state index in [1.54, 1.807) is 12.3 Å². The maximum atomic E-state index is 11.8. The highest BCUT2D eigenvalue weighted by Crippen LogP contribution is 2.16. The van der Waals surface area contributed by atoms with Crippen LogP contribution in [0.15, 0.2) is 34.1 Å². The lowest BCUT2D eigenvalue weighted by molar-refractivity contribution is 0.978. The fourth-order valence-corrected chi connectivity index (χ4v) is 2.39. The van der Waals surface area contributed by atoms with Crippen molar-refractivity contribution in [3.05, 3.63) is 51.6 Å². The summed E-state index contributed by atoms with van der Waals surface area (Å²) in [5, 5.41) is 9.39. The van der Waals surface area contributed by atoms with Gasteiger partial charge in [0.25, 0.3) is 5.56 Å². The van der Waals surface area contributed by atoms with Gasteiger partial charge in [-0.25, -0.2) is 4.98 Å².